The Morgan fingerprint density at radius 1 is 1.18 bits per heavy atom. The van der Waals surface area contributed by atoms with Crippen molar-refractivity contribution in [1.29, 1.82) is 0 Å². The van der Waals surface area contributed by atoms with Crippen LogP contribution in [0.2, 0.25) is 0 Å². The van der Waals surface area contributed by atoms with Crippen molar-refractivity contribution in [2.75, 3.05) is 6.54 Å². The van der Waals surface area contributed by atoms with Gasteiger partial charge in [0.15, 0.2) is 0 Å². The number of carbonyl (C=O) groups excluding carboxylic acids is 1. The second kappa shape index (κ2) is 7.40. The molecule has 164 valence electrons. The number of aromatic nitrogens is 6. The lowest BCUT2D eigenvalue weighted by atomic mass is 9.98. The molecule has 9 heteroatoms. The SMILES string of the molecule is Cc1nc(-c2cnn(C)c2)oc1C(=O)N1CCc2[nH]cnc2[C@H]1c1ccc2ccccc2n1. The molecule has 0 bridgehead atoms. The maximum Gasteiger partial charge on any atom is 0.292 e. The molecule has 0 spiro atoms. The molecule has 0 fully saturated rings. The summed E-state index contributed by atoms with van der Waals surface area (Å²) < 4.78 is 7.62. The van der Waals surface area contributed by atoms with Crippen molar-refractivity contribution < 1.29 is 9.21 Å². The number of pyridine rings is 1. The lowest BCUT2D eigenvalue weighted by molar-refractivity contribution is 0.0654. The third kappa shape index (κ3) is 3.20. The van der Waals surface area contributed by atoms with Crippen molar-refractivity contribution in [3.05, 3.63) is 83.7 Å². The van der Waals surface area contributed by atoms with Crippen LogP contribution in [0.3, 0.4) is 0 Å². The van der Waals surface area contributed by atoms with Gasteiger partial charge in [-0.25, -0.2) is 9.97 Å². The van der Waals surface area contributed by atoms with Crippen molar-refractivity contribution in [1.82, 2.24) is 34.6 Å². The summed E-state index contributed by atoms with van der Waals surface area (Å²) in [5, 5.41) is 5.21. The zero-order valence-corrected chi connectivity index (χ0v) is 18.2. The van der Waals surface area contributed by atoms with Gasteiger partial charge >= 0.3 is 0 Å². The van der Waals surface area contributed by atoms with E-state index < -0.39 is 6.04 Å². The number of oxazole rings is 1. The van der Waals surface area contributed by atoms with Crippen LogP contribution in [0.5, 0.6) is 0 Å². The molecule has 4 aromatic heterocycles. The second-order valence-electron chi connectivity index (χ2n) is 8.18. The topological polar surface area (TPSA) is 106 Å². The van der Waals surface area contributed by atoms with Crippen LogP contribution < -0.4 is 0 Å². The van der Waals surface area contributed by atoms with Crippen LogP contribution in [-0.4, -0.2) is 47.1 Å². The van der Waals surface area contributed by atoms with Gasteiger partial charge in [-0.3, -0.25) is 14.5 Å². The summed E-state index contributed by atoms with van der Waals surface area (Å²) >= 11 is 0. The number of hydrogen-bond donors (Lipinski definition) is 1. The van der Waals surface area contributed by atoms with E-state index in [1.165, 1.54) is 0 Å². The normalized spacial score (nSPS) is 15.7. The number of aryl methyl sites for hydroxylation is 2. The Labute approximate surface area is 189 Å². The lowest BCUT2D eigenvalue weighted by Crippen LogP contribution is -2.41. The molecule has 0 radical (unpaired) electrons. The van der Waals surface area contributed by atoms with Crippen molar-refractivity contribution in [3.63, 3.8) is 0 Å². The predicted molar refractivity (Wildman–Crippen MR) is 120 cm³/mol. The molecule has 9 nitrogen and oxygen atoms in total. The summed E-state index contributed by atoms with van der Waals surface area (Å²) in [5.74, 6) is 0.365. The fraction of sp³-hybridized carbons (Fsp3) is 0.208. The summed E-state index contributed by atoms with van der Waals surface area (Å²) in [6.07, 6.45) is 5.82. The maximum absolute atomic E-state index is 13.8. The van der Waals surface area contributed by atoms with E-state index in [0.717, 1.165) is 33.5 Å². The first kappa shape index (κ1) is 19.4. The average molecular weight is 439 g/mol. The van der Waals surface area contributed by atoms with Gasteiger partial charge in [-0.1, -0.05) is 24.3 Å². The number of amides is 1. The third-order valence-corrected chi connectivity index (χ3v) is 6.03. The average Bonchev–Trinajstić information content (AvgIpc) is 3.57. The molecule has 1 N–H and O–H groups in total. The van der Waals surface area contributed by atoms with Crippen LogP contribution in [0.1, 0.15) is 39.4 Å². The number of H-pyrrole nitrogens is 1. The van der Waals surface area contributed by atoms with Gasteiger partial charge in [-0.05, 0) is 19.1 Å². The van der Waals surface area contributed by atoms with Gasteiger partial charge in [-0.15, -0.1) is 0 Å². The highest BCUT2D eigenvalue weighted by Crippen LogP contribution is 2.35. The minimum Gasteiger partial charge on any atom is -0.431 e. The number of benzene rings is 1. The zero-order valence-electron chi connectivity index (χ0n) is 18.2. The third-order valence-electron chi connectivity index (χ3n) is 6.03. The number of rotatable bonds is 3. The highest BCUT2D eigenvalue weighted by atomic mass is 16.4. The van der Waals surface area contributed by atoms with Gasteiger partial charge in [-0.2, -0.15) is 5.10 Å². The van der Waals surface area contributed by atoms with Gasteiger partial charge in [0.1, 0.15) is 6.04 Å². The van der Waals surface area contributed by atoms with Gasteiger partial charge in [0.25, 0.3) is 5.91 Å². The number of nitrogens with zero attached hydrogens (tertiary/aromatic N) is 6. The van der Waals surface area contributed by atoms with Crippen LogP contribution in [0.25, 0.3) is 22.4 Å². The Bertz CT molecular complexity index is 1500. The molecule has 1 atom stereocenters. The van der Waals surface area contributed by atoms with Crippen molar-refractivity contribution in [3.8, 4) is 11.5 Å². The van der Waals surface area contributed by atoms with E-state index in [4.69, 9.17) is 9.40 Å². The van der Waals surface area contributed by atoms with E-state index >= 15 is 0 Å². The Morgan fingerprint density at radius 2 is 2.06 bits per heavy atom. The first-order valence-corrected chi connectivity index (χ1v) is 10.7. The smallest absolute Gasteiger partial charge is 0.292 e. The zero-order chi connectivity index (χ0) is 22.5. The fourth-order valence-electron chi connectivity index (χ4n) is 4.41. The number of aromatic amines is 1. The largest absolute Gasteiger partial charge is 0.431 e. The standard InChI is InChI=1S/C24H21N7O2/c1-14-22(33-23(28-14)16-11-27-30(2)12-16)24(32)31-10-9-18-20(26-13-25-18)21(31)19-8-7-15-5-3-4-6-17(15)29-19/h3-8,11-13,21H,9-10H2,1-2H3,(H,25,26)/t21-/m1/s1. The number of imidazole rings is 1. The molecule has 1 amide bonds. The van der Waals surface area contributed by atoms with Gasteiger partial charge in [0, 0.05) is 37.3 Å². The summed E-state index contributed by atoms with van der Waals surface area (Å²) in [6, 6.07) is 11.5. The molecule has 0 saturated carbocycles. The highest BCUT2D eigenvalue weighted by Gasteiger charge is 2.37. The van der Waals surface area contributed by atoms with E-state index in [0.29, 0.717) is 24.6 Å². The maximum atomic E-state index is 13.8. The molecule has 0 saturated heterocycles. The number of fused-ring (bicyclic) bond motifs is 2. The molecule has 0 aliphatic carbocycles. The van der Waals surface area contributed by atoms with Crippen molar-refractivity contribution in [2.24, 2.45) is 7.05 Å². The van der Waals surface area contributed by atoms with E-state index in [-0.39, 0.29) is 11.7 Å². The summed E-state index contributed by atoms with van der Waals surface area (Å²) in [6.45, 7) is 2.29. The van der Waals surface area contributed by atoms with Crippen LogP contribution in [-0.2, 0) is 13.5 Å². The summed E-state index contributed by atoms with van der Waals surface area (Å²) in [7, 11) is 1.82. The van der Waals surface area contributed by atoms with Crippen molar-refractivity contribution in [2.45, 2.75) is 19.4 Å². The number of carbonyl (C=O) groups is 1. The predicted octanol–water partition coefficient (Wildman–Crippen LogP) is 3.44. The van der Waals surface area contributed by atoms with Crippen molar-refractivity contribution >= 4 is 16.8 Å². The summed E-state index contributed by atoms with van der Waals surface area (Å²) in [4.78, 5) is 32.7. The molecular formula is C24H21N7O2. The minimum absolute atomic E-state index is 0.221. The van der Waals surface area contributed by atoms with E-state index in [9.17, 15) is 4.79 Å². The Hall–Kier alpha value is -4.27. The molecule has 5 aromatic rings. The quantitative estimate of drug-likeness (QED) is 0.462. The fourth-order valence-corrected chi connectivity index (χ4v) is 4.41. The Morgan fingerprint density at radius 3 is 2.91 bits per heavy atom. The van der Waals surface area contributed by atoms with Gasteiger partial charge < -0.3 is 14.3 Å². The van der Waals surface area contributed by atoms with E-state index in [1.807, 2.05) is 43.4 Å². The van der Waals surface area contributed by atoms with Gasteiger partial charge in [0.05, 0.1) is 40.7 Å². The van der Waals surface area contributed by atoms with Crippen LogP contribution in [0.4, 0.5) is 0 Å². The molecule has 33 heavy (non-hydrogen) atoms. The second-order valence-corrected chi connectivity index (χ2v) is 8.18. The lowest BCUT2D eigenvalue weighted by Gasteiger charge is -2.34. The molecule has 5 heterocycles. The van der Waals surface area contributed by atoms with Crippen LogP contribution in [0.15, 0.2) is 59.5 Å². The Balaban J connectivity index is 1.43. The van der Waals surface area contributed by atoms with E-state index in [1.54, 1.807) is 35.2 Å². The minimum atomic E-state index is -0.427. The van der Waals surface area contributed by atoms with Gasteiger partial charge in [0.2, 0.25) is 11.7 Å². The number of hydrogen-bond acceptors (Lipinski definition) is 6. The molecule has 1 aliphatic rings. The molecule has 1 aliphatic heterocycles. The number of para-hydroxylation sites is 1. The van der Waals surface area contributed by atoms with Crippen LogP contribution in [0, 0.1) is 6.92 Å². The molecule has 1 aromatic carbocycles. The molecule has 0 unspecified atom stereocenters. The first-order valence-electron chi connectivity index (χ1n) is 10.7. The molecule has 6 rings (SSSR count). The van der Waals surface area contributed by atoms with Crippen LogP contribution >= 0.6 is 0 Å². The number of nitrogens with one attached hydrogen (secondary N) is 1. The first-order chi connectivity index (χ1) is 16.1. The molecular weight excluding hydrogens is 418 g/mol. The highest BCUT2D eigenvalue weighted by molar-refractivity contribution is 5.93. The Kier molecular flexibility index (Phi) is 4.36. The monoisotopic (exact) mass is 439 g/mol. The summed E-state index contributed by atoms with van der Waals surface area (Å²) in [5.41, 5.74) is 4.73. The van der Waals surface area contributed by atoms with E-state index in [2.05, 4.69) is 20.1 Å².